The minimum atomic E-state index is -0.491. The average Bonchev–Trinajstić information content (AvgIpc) is 3.43. The van der Waals surface area contributed by atoms with Gasteiger partial charge in [-0.2, -0.15) is 0 Å². The fraction of sp³-hybridized carbons (Fsp3) is 0.650. The van der Waals surface area contributed by atoms with E-state index in [-0.39, 0.29) is 17.9 Å². The standard InChI is InChI=1S/C20H29N3O3/c1-20(2,3)26-19(25)22-12-9-15(10-13-22)18(24)23(17-7-8-17)14-16-6-4-5-11-21-16/h4-6,11,15,17H,7-10,12-14H2,1-3H3. The Hall–Kier alpha value is -2.11. The molecule has 0 bridgehead atoms. The smallest absolute Gasteiger partial charge is 0.410 e. The van der Waals surface area contributed by atoms with Gasteiger partial charge in [-0.25, -0.2) is 4.79 Å². The van der Waals surface area contributed by atoms with Crippen LogP contribution in [0.15, 0.2) is 24.4 Å². The number of amides is 2. The Morgan fingerprint density at radius 1 is 1.19 bits per heavy atom. The van der Waals surface area contributed by atoms with Crippen LogP contribution in [0, 0.1) is 5.92 Å². The van der Waals surface area contributed by atoms with Gasteiger partial charge in [-0.1, -0.05) is 6.07 Å². The molecule has 3 rings (SSSR count). The van der Waals surface area contributed by atoms with Crippen LogP contribution in [0.25, 0.3) is 0 Å². The molecule has 2 fully saturated rings. The number of nitrogens with zero attached hydrogens (tertiary/aromatic N) is 3. The Morgan fingerprint density at radius 3 is 2.42 bits per heavy atom. The molecule has 1 saturated heterocycles. The fourth-order valence-electron chi connectivity index (χ4n) is 3.31. The van der Waals surface area contributed by atoms with E-state index < -0.39 is 5.60 Å². The predicted molar refractivity (Wildman–Crippen MR) is 98.3 cm³/mol. The summed E-state index contributed by atoms with van der Waals surface area (Å²) in [5.74, 6) is 0.194. The fourth-order valence-corrected chi connectivity index (χ4v) is 3.31. The van der Waals surface area contributed by atoms with Crippen molar-refractivity contribution in [2.24, 2.45) is 5.92 Å². The maximum Gasteiger partial charge on any atom is 0.410 e. The summed E-state index contributed by atoms with van der Waals surface area (Å²) in [5, 5.41) is 0. The number of rotatable bonds is 4. The van der Waals surface area contributed by atoms with Crippen LogP contribution >= 0.6 is 0 Å². The number of carbonyl (C=O) groups is 2. The van der Waals surface area contributed by atoms with Crippen molar-refractivity contribution < 1.29 is 14.3 Å². The summed E-state index contributed by atoms with van der Waals surface area (Å²) in [6.07, 6.45) is 5.04. The number of likely N-dealkylation sites (tertiary alicyclic amines) is 1. The maximum absolute atomic E-state index is 13.1. The molecule has 2 aliphatic rings. The number of ether oxygens (including phenoxy) is 1. The van der Waals surface area contributed by atoms with E-state index in [0.717, 1.165) is 18.5 Å². The number of aromatic nitrogens is 1. The van der Waals surface area contributed by atoms with E-state index in [1.807, 2.05) is 43.9 Å². The summed E-state index contributed by atoms with van der Waals surface area (Å²) in [6.45, 7) is 7.34. The summed E-state index contributed by atoms with van der Waals surface area (Å²) in [4.78, 5) is 33.3. The summed E-state index contributed by atoms with van der Waals surface area (Å²) in [5.41, 5.74) is 0.439. The van der Waals surface area contributed by atoms with E-state index in [9.17, 15) is 9.59 Å². The molecule has 0 N–H and O–H groups in total. The zero-order valence-electron chi connectivity index (χ0n) is 16.0. The van der Waals surface area contributed by atoms with Gasteiger partial charge in [-0.3, -0.25) is 9.78 Å². The van der Waals surface area contributed by atoms with Gasteiger partial charge in [-0.05, 0) is 58.6 Å². The average molecular weight is 359 g/mol. The van der Waals surface area contributed by atoms with Crippen LogP contribution in [0.3, 0.4) is 0 Å². The van der Waals surface area contributed by atoms with Crippen LogP contribution in [0.4, 0.5) is 4.79 Å². The van der Waals surface area contributed by atoms with Gasteiger partial charge in [0.05, 0.1) is 12.2 Å². The van der Waals surface area contributed by atoms with Crippen molar-refractivity contribution >= 4 is 12.0 Å². The normalized spacial score (nSPS) is 18.5. The van der Waals surface area contributed by atoms with Gasteiger partial charge in [0.25, 0.3) is 0 Å². The lowest BCUT2D eigenvalue weighted by molar-refractivity contribution is -0.138. The first kappa shape index (κ1) is 18.7. The zero-order valence-corrected chi connectivity index (χ0v) is 16.0. The first-order valence-electron chi connectivity index (χ1n) is 9.52. The van der Waals surface area contributed by atoms with E-state index in [0.29, 0.717) is 38.5 Å². The third kappa shape index (κ3) is 4.96. The highest BCUT2D eigenvalue weighted by Gasteiger charge is 2.38. The quantitative estimate of drug-likeness (QED) is 0.828. The van der Waals surface area contributed by atoms with Crippen LogP contribution in [0.2, 0.25) is 0 Å². The molecule has 1 saturated carbocycles. The van der Waals surface area contributed by atoms with Gasteiger partial charge < -0.3 is 14.5 Å². The molecule has 1 aliphatic carbocycles. The van der Waals surface area contributed by atoms with Gasteiger partial charge >= 0.3 is 6.09 Å². The van der Waals surface area contributed by atoms with Crippen molar-refractivity contribution in [3.8, 4) is 0 Å². The number of piperidine rings is 1. The zero-order chi connectivity index (χ0) is 18.7. The van der Waals surface area contributed by atoms with E-state index >= 15 is 0 Å². The molecule has 2 heterocycles. The molecule has 2 amide bonds. The Morgan fingerprint density at radius 2 is 1.88 bits per heavy atom. The highest BCUT2D eigenvalue weighted by Crippen LogP contribution is 2.31. The van der Waals surface area contributed by atoms with Crippen molar-refractivity contribution in [2.75, 3.05) is 13.1 Å². The molecule has 1 aliphatic heterocycles. The van der Waals surface area contributed by atoms with Gasteiger partial charge in [0, 0.05) is 31.2 Å². The minimum Gasteiger partial charge on any atom is -0.444 e. The van der Waals surface area contributed by atoms with Crippen molar-refractivity contribution in [1.29, 1.82) is 0 Å². The molecule has 0 aromatic carbocycles. The first-order valence-corrected chi connectivity index (χ1v) is 9.52. The van der Waals surface area contributed by atoms with Crippen molar-refractivity contribution in [3.63, 3.8) is 0 Å². The topological polar surface area (TPSA) is 62.7 Å². The number of pyridine rings is 1. The lowest BCUT2D eigenvalue weighted by atomic mass is 9.95. The van der Waals surface area contributed by atoms with E-state index in [2.05, 4.69) is 4.98 Å². The summed E-state index contributed by atoms with van der Waals surface area (Å²) < 4.78 is 5.43. The Kier molecular flexibility index (Phi) is 5.49. The lowest BCUT2D eigenvalue weighted by Gasteiger charge is -2.35. The van der Waals surface area contributed by atoms with Crippen molar-refractivity contribution in [2.45, 2.75) is 64.6 Å². The molecule has 6 nitrogen and oxygen atoms in total. The Labute approximate surface area is 155 Å². The molecule has 0 radical (unpaired) electrons. The van der Waals surface area contributed by atoms with Gasteiger partial charge in [0.1, 0.15) is 5.60 Å². The van der Waals surface area contributed by atoms with Gasteiger partial charge in [0.15, 0.2) is 0 Å². The second-order valence-electron chi connectivity index (χ2n) is 8.26. The van der Waals surface area contributed by atoms with Crippen molar-refractivity contribution in [3.05, 3.63) is 30.1 Å². The third-order valence-corrected chi connectivity index (χ3v) is 4.83. The molecule has 26 heavy (non-hydrogen) atoms. The SMILES string of the molecule is CC(C)(C)OC(=O)N1CCC(C(=O)N(Cc2ccccn2)C2CC2)CC1. The molecule has 1 aromatic rings. The van der Waals surface area contributed by atoms with Gasteiger partial charge in [-0.15, -0.1) is 0 Å². The summed E-state index contributed by atoms with van der Waals surface area (Å²) in [6, 6.07) is 6.16. The number of hydrogen-bond acceptors (Lipinski definition) is 4. The number of carbonyl (C=O) groups excluding carboxylic acids is 2. The molecular weight excluding hydrogens is 330 g/mol. The minimum absolute atomic E-state index is 0.0157. The monoisotopic (exact) mass is 359 g/mol. The second kappa shape index (κ2) is 7.64. The molecule has 0 spiro atoms. The van der Waals surface area contributed by atoms with Crippen LogP contribution in [0.1, 0.15) is 52.1 Å². The van der Waals surface area contributed by atoms with Crippen LogP contribution in [0.5, 0.6) is 0 Å². The molecule has 0 unspecified atom stereocenters. The number of hydrogen-bond donors (Lipinski definition) is 0. The summed E-state index contributed by atoms with van der Waals surface area (Å²) >= 11 is 0. The first-order chi connectivity index (χ1) is 12.3. The van der Waals surface area contributed by atoms with Crippen LogP contribution in [-0.2, 0) is 16.1 Å². The highest BCUT2D eigenvalue weighted by atomic mass is 16.6. The molecule has 142 valence electrons. The van der Waals surface area contributed by atoms with Gasteiger partial charge in [0.2, 0.25) is 5.91 Å². The Bertz CT molecular complexity index is 629. The third-order valence-electron chi connectivity index (χ3n) is 4.83. The van der Waals surface area contributed by atoms with Crippen LogP contribution in [-0.4, -0.2) is 51.5 Å². The Balaban J connectivity index is 1.56. The predicted octanol–water partition coefficient (Wildman–Crippen LogP) is 3.22. The maximum atomic E-state index is 13.1. The lowest BCUT2D eigenvalue weighted by Crippen LogP contribution is -2.46. The molecule has 0 atom stereocenters. The second-order valence-corrected chi connectivity index (χ2v) is 8.26. The highest BCUT2D eigenvalue weighted by molar-refractivity contribution is 5.80. The summed E-state index contributed by atoms with van der Waals surface area (Å²) in [7, 11) is 0. The largest absolute Gasteiger partial charge is 0.444 e. The molecular formula is C20H29N3O3. The van der Waals surface area contributed by atoms with E-state index in [1.54, 1.807) is 11.1 Å². The van der Waals surface area contributed by atoms with Crippen LogP contribution < -0.4 is 0 Å². The van der Waals surface area contributed by atoms with Crippen molar-refractivity contribution in [1.82, 2.24) is 14.8 Å². The molecule has 6 heteroatoms. The van der Waals surface area contributed by atoms with E-state index in [4.69, 9.17) is 4.74 Å². The van der Waals surface area contributed by atoms with E-state index in [1.165, 1.54) is 0 Å². The molecule has 1 aromatic heterocycles.